The lowest BCUT2D eigenvalue weighted by Crippen LogP contribution is -2.36. The van der Waals surface area contributed by atoms with Crippen LogP contribution in [-0.4, -0.2) is 18.4 Å². The lowest BCUT2D eigenvalue weighted by atomic mass is 9.99. The molecule has 18 heavy (non-hydrogen) atoms. The third-order valence-electron chi connectivity index (χ3n) is 3.76. The number of hydrogen-bond acceptors (Lipinski definition) is 2. The van der Waals surface area contributed by atoms with Gasteiger partial charge in [-0.15, -0.1) is 0 Å². The van der Waals surface area contributed by atoms with Gasteiger partial charge in [0.15, 0.2) is 5.78 Å². The average Bonchev–Trinajstić information content (AvgIpc) is 2.68. The van der Waals surface area contributed by atoms with Gasteiger partial charge in [0.2, 0.25) is 0 Å². The Labute approximate surface area is 110 Å². The van der Waals surface area contributed by atoms with Gasteiger partial charge in [0.05, 0.1) is 6.04 Å². The molecule has 1 N–H and O–H groups in total. The fourth-order valence-electron chi connectivity index (χ4n) is 2.52. The van der Waals surface area contributed by atoms with Crippen LogP contribution in [-0.2, 0) is 17.6 Å². The van der Waals surface area contributed by atoms with Crippen LogP contribution in [0.4, 0.5) is 0 Å². The summed E-state index contributed by atoms with van der Waals surface area (Å²) in [5, 5.41) is 3.37. The third kappa shape index (κ3) is 3.67. The fourth-order valence-corrected chi connectivity index (χ4v) is 2.52. The second kappa shape index (κ2) is 6.69. The summed E-state index contributed by atoms with van der Waals surface area (Å²) < 4.78 is 0. The number of rotatable bonds is 4. The highest BCUT2D eigenvalue weighted by Gasteiger charge is 2.19. The van der Waals surface area contributed by atoms with E-state index in [-0.39, 0.29) is 6.04 Å². The smallest absolute Gasteiger partial charge is 0.154 e. The number of aryl methyl sites for hydroxylation is 1. The van der Waals surface area contributed by atoms with Gasteiger partial charge in [-0.25, -0.2) is 0 Å². The molecule has 1 atom stereocenters. The highest BCUT2D eigenvalue weighted by molar-refractivity contribution is 5.86. The van der Waals surface area contributed by atoms with Crippen molar-refractivity contribution in [1.82, 2.24) is 5.32 Å². The molecule has 1 fully saturated rings. The van der Waals surface area contributed by atoms with Crippen molar-refractivity contribution in [2.75, 3.05) is 6.54 Å². The zero-order valence-corrected chi connectivity index (χ0v) is 11.2. The molecule has 0 amide bonds. The summed E-state index contributed by atoms with van der Waals surface area (Å²) in [5.41, 5.74) is 2.47. The molecule has 1 aromatic rings. The number of benzene rings is 1. The molecule has 0 bridgehead atoms. The van der Waals surface area contributed by atoms with Gasteiger partial charge >= 0.3 is 0 Å². The van der Waals surface area contributed by atoms with Crippen molar-refractivity contribution < 1.29 is 4.79 Å². The predicted octanol–water partition coefficient (Wildman–Crippen LogP) is 2.89. The van der Waals surface area contributed by atoms with E-state index in [0.29, 0.717) is 12.2 Å². The van der Waals surface area contributed by atoms with Gasteiger partial charge in [-0.3, -0.25) is 4.79 Å². The van der Waals surface area contributed by atoms with E-state index >= 15 is 0 Å². The maximum absolute atomic E-state index is 12.2. The minimum absolute atomic E-state index is 0.0818. The summed E-state index contributed by atoms with van der Waals surface area (Å²) in [6.45, 7) is 3.14. The molecule has 2 heteroatoms. The van der Waals surface area contributed by atoms with Crippen molar-refractivity contribution >= 4 is 5.78 Å². The molecule has 1 aliphatic rings. The van der Waals surface area contributed by atoms with E-state index in [1.807, 2.05) is 0 Å². The lowest BCUT2D eigenvalue weighted by Gasteiger charge is -2.14. The molecule has 1 aromatic carbocycles. The molecule has 1 unspecified atom stereocenters. The Balaban J connectivity index is 1.92. The van der Waals surface area contributed by atoms with E-state index in [1.165, 1.54) is 24.8 Å². The van der Waals surface area contributed by atoms with E-state index < -0.39 is 0 Å². The lowest BCUT2D eigenvalue weighted by molar-refractivity contribution is -0.120. The molecule has 98 valence electrons. The topological polar surface area (TPSA) is 29.1 Å². The van der Waals surface area contributed by atoms with Crippen LogP contribution in [0.15, 0.2) is 24.3 Å². The van der Waals surface area contributed by atoms with Crippen molar-refractivity contribution in [3.63, 3.8) is 0 Å². The van der Waals surface area contributed by atoms with Crippen LogP contribution in [0.2, 0.25) is 0 Å². The maximum Gasteiger partial charge on any atom is 0.154 e. The number of nitrogens with one attached hydrogen (secondary N) is 1. The molecule has 0 radical (unpaired) electrons. The van der Waals surface area contributed by atoms with Crippen LogP contribution in [0.25, 0.3) is 0 Å². The SMILES string of the molecule is CCc1ccc(CC(=O)C2CCCCCN2)cc1. The van der Waals surface area contributed by atoms with Crippen LogP contribution in [0.1, 0.15) is 43.7 Å². The first-order chi connectivity index (χ1) is 8.79. The summed E-state index contributed by atoms with van der Waals surface area (Å²) in [7, 11) is 0. The Morgan fingerprint density at radius 3 is 2.61 bits per heavy atom. The molecule has 0 aromatic heterocycles. The van der Waals surface area contributed by atoms with Crippen molar-refractivity contribution in [2.45, 2.75) is 51.5 Å². The van der Waals surface area contributed by atoms with Crippen molar-refractivity contribution in [2.24, 2.45) is 0 Å². The summed E-state index contributed by atoms with van der Waals surface area (Å²) >= 11 is 0. The summed E-state index contributed by atoms with van der Waals surface area (Å²) in [5.74, 6) is 0.348. The molecule has 1 heterocycles. The van der Waals surface area contributed by atoms with Gasteiger partial charge in [0.1, 0.15) is 0 Å². The van der Waals surface area contributed by atoms with Gasteiger partial charge in [-0.05, 0) is 36.9 Å². The number of hydrogen-bond donors (Lipinski definition) is 1. The predicted molar refractivity (Wildman–Crippen MR) is 74.8 cm³/mol. The first-order valence-electron chi connectivity index (χ1n) is 7.13. The van der Waals surface area contributed by atoms with E-state index in [1.54, 1.807) is 0 Å². The van der Waals surface area contributed by atoms with Gasteiger partial charge in [-0.1, -0.05) is 44.0 Å². The van der Waals surface area contributed by atoms with E-state index in [9.17, 15) is 4.79 Å². The standard InChI is InChI=1S/C16H23NO/c1-2-13-7-9-14(10-8-13)12-16(18)15-6-4-3-5-11-17-15/h7-10,15,17H,2-6,11-12H2,1H3. The van der Waals surface area contributed by atoms with Crippen LogP contribution < -0.4 is 5.32 Å². The monoisotopic (exact) mass is 245 g/mol. The average molecular weight is 245 g/mol. The van der Waals surface area contributed by atoms with Gasteiger partial charge in [-0.2, -0.15) is 0 Å². The molecule has 1 aliphatic heterocycles. The summed E-state index contributed by atoms with van der Waals surface area (Å²) in [6, 6.07) is 8.52. The van der Waals surface area contributed by atoms with Gasteiger partial charge in [0.25, 0.3) is 0 Å². The van der Waals surface area contributed by atoms with Crippen molar-refractivity contribution in [3.05, 3.63) is 35.4 Å². The van der Waals surface area contributed by atoms with Crippen LogP contribution in [0.3, 0.4) is 0 Å². The molecular formula is C16H23NO. The molecule has 1 saturated heterocycles. The molecule has 0 saturated carbocycles. The van der Waals surface area contributed by atoms with E-state index in [0.717, 1.165) is 24.9 Å². The molecule has 0 aliphatic carbocycles. The Hall–Kier alpha value is -1.15. The third-order valence-corrected chi connectivity index (χ3v) is 3.76. The Morgan fingerprint density at radius 1 is 1.17 bits per heavy atom. The van der Waals surface area contributed by atoms with Crippen LogP contribution >= 0.6 is 0 Å². The van der Waals surface area contributed by atoms with Crippen LogP contribution in [0, 0.1) is 0 Å². The minimum atomic E-state index is 0.0818. The van der Waals surface area contributed by atoms with E-state index in [2.05, 4.69) is 36.5 Å². The highest BCUT2D eigenvalue weighted by Crippen LogP contribution is 2.12. The van der Waals surface area contributed by atoms with Gasteiger partial charge in [0, 0.05) is 6.42 Å². The Kier molecular flexibility index (Phi) is 4.94. The number of carbonyl (C=O) groups excluding carboxylic acids is 1. The normalized spacial score (nSPS) is 20.4. The number of Topliss-reactive ketones (excluding diaryl/α,β-unsaturated/α-hetero) is 1. The second-order valence-electron chi connectivity index (χ2n) is 5.17. The van der Waals surface area contributed by atoms with Crippen LogP contribution in [0.5, 0.6) is 0 Å². The number of carbonyl (C=O) groups is 1. The largest absolute Gasteiger partial charge is 0.307 e. The second-order valence-corrected chi connectivity index (χ2v) is 5.17. The zero-order valence-electron chi connectivity index (χ0n) is 11.2. The quantitative estimate of drug-likeness (QED) is 0.883. The van der Waals surface area contributed by atoms with Crippen molar-refractivity contribution in [3.8, 4) is 0 Å². The first-order valence-corrected chi connectivity index (χ1v) is 7.13. The first kappa shape index (κ1) is 13.3. The molecule has 2 nitrogen and oxygen atoms in total. The Morgan fingerprint density at radius 2 is 1.89 bits per heavy atom. The molecule has 0 spiro atoms. The Bertz CT molecular complexity index is 375. The fraction of sp³-hybridized carbons (Fsp3) is 0.562. The summed E-state index contributed by atoms with van der Waals surface area (Å²) in [6.07, 6.45) is 6.26. The molecular weight excluding hydrogens is 222 g/mol. The number of ketones is 1. The van der Waals surface area contributed by atoms with Gasteiger partial charge < -0.3 is 5.32 Å². The summed E-state index contributed by atoms with van der Waals surface area (Å²) in [4.78, 5) is 12.2. The maximum atomic E-state index is 12.2. The van der Waals surface area contributed by atoms with Crippen molar-refractivity contribution in [1.29, 1.82) is 0 Å². The minimum Gasteiger partial charge on any atom is -0.307 e. The molecule has 2 rings (SSSR count). The highest BCUT2D eigenvalue weighted by atomic mass is 16.1. The zero-order chi connectivity index (χ0) is 12.8. The van der Waals surface area contributed by atoms with E-state index in [4.69, 9.17) is 0 Å².